The molecule has 1 N–H and O–H groups in total. The highest BCUT2D eigenvalue weighted by molar-refractivity contribution is 7.87. The lowest BCUT2D eigenvalue weighted by molar-refractivity contribution is -0.139. The highest BCUT2D eigenvalue weighted by atomic mass is 32.2. The summed E-state index contributed by atoms with van der Waals surface area (Å²) in [5.41, 5.74) is 0. The van der Waals surface area contributed by atoms with Crippen LogP contribution in [0.15, 0.2) is 0 Å². The van der Waals surface area contributed by atoms with Crippen LogP contribution < -0.4 is 0 Å². The highest BCUT2D eigenvalue weighted by Gasteiger charge is 2.40. The number of aliphatic carboxylic acids is 1. The predicted molar refractivity (Wildman–Crippen MR) is 49.1 cm³/mol. The minimum atomic E-state index is -1.36. The molecule has 2 atom stereocenters. The van der Waals surface area contributed by atoms with Crippen molar-refractivity contribution in [2.75, 3.05) is 13.2 Å². The van der Waals surface area contributed by atoms with Crippen LogP contribution in [0.1, 0.15) is 20.3 Å². The summed E-state index contributed by atoms with van der Waals surface area (Å²) >= 11 is 0. The van der Waals surface area contributed by atoms with E-state index in [-0.39, 0.29) is 5.25 Å². The smallest absolute Gasteiger partial charge is 0.321 e. The van der Waals surface area contributed by atoms with E-state index < -0.39 is 21.5 Å². The average Bonchev–Trinajstić information content (AvgIpc) is 2.54. The Kier molecular flexibility index (Phi) is 3.08. The lowest BCUT2D eigenvalue weighted by atomic mass is 10.2. The normalized spacial score (nSPS) is 25.8. The number of hydrogen-bond acceptors (Lipinski definition) is 3. The summed E-state index contributed by atoms with van der Waals surface area (Å²) in [6, 6.07) is 0. The standard InChI is InChI=1S/C8H14O4S/c1-8(2,7(9)10)13(11)6-3-4-12-5-6/h6H,3-5H2,1-2H3,(H,9,10). The van der Waals surface area contributed by atoms with Crippen LogP contribution in [0, 0.1) is 0 Å². The molecule has 0 saturated carbocycles. The second-order valence-electron chi connectivity index (χ2n) is 3.60. The third-order valence-electron chi connectivity index (χ3n) is 2.21. The molecule has 0 amide bonds. The van der Waals surface area contributed by atoms with Gasteiger partial charge in [-0.15, -0.1) is 0 Å². The zero-order valence-electron chi connectivity index (χ0n) is 7.78. The molecule has 0 radical (unpaired) electrons. The Morgan fingerprint density at radius 2 is 2.23 bits per heavy atom. The molecule has 1 aliphatic rings. The summed E-state index contributed by atoms with van der Waals surface area (Å²) < 4.78 is 15.7. The van der Waals surface area contributed by atoms with E-state index in [1.165, 1.54) is 13.8 Å². The maximum Gasteiger partial charge on any atom is 0.321 e. The lowest BCUT2D eigenvalue weighted by Crippen LogP contribution is -2.41. The minimum absolute atomic E-state index is 0.119. The maximum atomic E-state index is 11.8. The van der Waals surface area contributed by atoms with E-state index in [1.807, 2.05) is 0 Å². The second-order valence-corrected chi connectivity index (χ2v) is 5.88. The number of rotatable bonds is 3. The van der Waals surface area contributed by atoms with Crippen molar-refractivity contribution in [1.82, 2.24) is 0 Å². The molecule has 76 valence electrons. The Morgan fingerprint density at radius 1 is 1.62 bits per heavy atom. The van der Waals surface area contributed by atoms with Gasteiger partial charge in [-0.25, -0.2) is 0 Å². The topological polar surface area (TPSA) is 63.6 Å². The van der Waals surface area contributed by atoms with Gasteiger partial charge in [0, 0.05) is 17.4 Å². The van der Waals surface area contributed by atoms with Gasteiger partial charge in [0.2, 0.25) is 0 Å². The molecule has 4 nitrogen and oxygen atoms in total. The van der Waals surface area contributed by atoms with Crippen molar-refractivity contribution < 1.29 is 18.8 Å². The molecule has 2 unspecified atom stereocenters. The molecule has 1 saturated heterocycles. The first kappa shape index (κ1) is 10.7. The van der Waals surface area contributed by atoms with E-state index in [4.69, 9.17) is 9.84 Å². The van der Waals surface area contributed by atoms with E-state index in [0.717, 1.165) is 0 Å². The van der Waals surface area contributed by atoms with Crippen LogP contribution in [0.25, 0.3) is 0 Å². The van der Waals surface area contributed by atoms with Crippen molar-refractivity contribution in [3.63, 3.8) is 0 Å². The molecule has 1 fully saturated rings. The predicted octanol–water partition coefficient (Wildman–Crippen LogP) is 0.387. The number of carbonyl (C=O) groups is 1. The fourth-order valence-corrected chi connectivity index (χ4v) is 2.72. The van der Waals surface area contributed by atoms with Crippen LogP contribution in [-0.4, -0.2) is 38.5 Å². The van der Waals surface area contributed by atoms with Crippen LogP contribution in [0.2, 0.25) is 0 Å². The van der Waals surface area contributed by atoms with E-state index >= 15 is 0 Å². The summed E-state index contributed by atoms with van der Waals surface area (Å²) in [6.45, 7) is 3.99. The van der Waals surface area contributed by atoms with Gasteiger partial charge >= 0.3 is 5.97 Å². The van der Waals surface area contributed by atoms with Crippen molar-refractivity contribution in [1.29, 1.82) is 0 Å². The molecule has 5 heteroatoms. The van der Waals surface area contributed by atoms with E-state index in [9.17, 15) is 9.00 Å². The van der Waals surface area contributed by atoms with Crippen molar-refractivity contribution in [2.24, 2.45) is 0 Å². The third-order valence-corrected chi connectivity index (χ3v) is 4.37. The highest BCUT2D eigenvalue weighted by Crippen LogP contribution is 2.22. The number of hydrogen-bond donors (Lipinski definition) is 1. The van der Waals surface area contributed by atoms with E-state index in [1.54, 1.807) is 0 Å². The minimum Gasteiger partial charge on any atom is -0.480 e. The summed E-state index contributed by atoms with van der Waals surface area (Å²) in [5.74, 6) is -1.02. The van der Waals surface area contributed by atoms with Crippen LogP contribution in [0.4, 0.5) is 0 Å². The average molecular weight is 206 g/mol. The molecule has 1 heterocycles. The lowest BCUT2D eigenvalue weighted by Gasteiger charge is -2.21. The molecule has 1 aliphatic heterocycles. The molecule has 1 rings (SSSR count). The summed E-state index contributed by atoms with van der Waals surface area (Å²) in [4.78, 5) is 10.8. The Hall–Kier alpha value is -0.420. The Balaban J connectivity index is 2.70. The van der Waals surface area contributed by atoms with Gasteiger partial charge in [-0.1, -0.05) is 0 Å². The van der Waals surface area contributed by atoms with Crippen LogP contribution >= 0.6 is 0 Å². The SMILES string of the molecule is CC(C)(C(=O)O)S(=O)C1CCOC1. The fourth-order valence-electron chi connectivity index (χ4n) is 1.18. The van der Waals surface area contributed by atoms with Crippen molar-refractivity contribution >= 4 is 16.8 Å². The first-order chi connectivity index (χ1) is 5.96. The molecule has 0 aliphatic carbocycles. The summed E-state index contributed by atoms with van der Waals surface area (Å²) in [5, 5.41) is 8.72. The first-order valence-corrected chi connectivity index (χ1v) is 5.39. The second kappa shape index (κ2) is 3.75. The third kappa shape index (κ3) is 2.08. The van der Waals surface area contributed by atoms with Gasteiger partial charge in [-0.3, -0.25) is 9.00 Å². The van der Waals surface area contributed by atoms with E-state index in [0.29, 0.717) is 19.6 Å². The Bertz CT molecular complexity index is 230. The van der Waals surface area contributed by atoms with Gasteiger partial charge in [0.05, 0.1) is 11.9 Å². The molecule has 0 aromatic carbocycles. The van der Waals surface area contributed by atoms with Crippen LogP contribution in [0.3, 0.4) is 0 Å². The van der Waals surface area contributed by atoms with Crippen molar-refractivity contribution in [2.45, 2.75) is 30.3 Å². The molecule has 0 aromatic rings. The molecule has 0 aromatic heterocycles. The van der Waals surface area contributed by atoms with Crippen molar-refractivity contribution in [3.8, 4) is 0 Å². The van der Waals surface area contributed by atoms with Gasteiger partial charge in [0.25, 0.3) is 0 Å². The number of carboxylic acid groups (broad SMARTS) is 1. The van der Waals surface area contributed by atoms with Gasteiger partial charge < -0.3 is 9.84 Å². The molecule has 0 spiro atoms. The largest absolute Gasteiger partial charge is 0.480 e. The van der Waals surface area contributed by atoms with E-state index in [2.05, 4.69) is 0 Å². The van der Waals surface area contributed by atoms with Crippen LogP contribution in [-0.2, 0) is 20.3 Å². The van der Waals surface area contributed by atoms with Crippen molar-refractivity contribution in [3.05, 3.63) is 0 Å². The summed E-state index contributed by atoms with van der Waals surface area (Å²) in [7, 11) is -1.36. The molecular formula is C8H14O4S. The van der Waals surface area contributed by atoms with Gasteiger partial charge in [-0.2, -0.15) is 0 Å². The Morgan fingerprint density at radius 3 is 2.62 bits per heavy atom. The first-order valence-electron chi connectivity index (χ1n) is 4.18. The molecular weight excluding hydrogens is 192 g/mol. The fraction of sp³-hybridized carbons (Fsp3) is 0.875. The number of carboxylic acids is 1. The van der Waals surface area contributed by atoms with Gasteiger partial charge in [0.15, 0.2) is 0 Å². The maximum absolute atomic E-state index is 11.8. The molecule has 13 heavy (non-hydrogen) atoms. The zero-order chi connectivity index (χ0) is 10.1. The summed E-state index contributed by atoms with van der Waals surface area (Å²) in [6.07, 6.45) is 0.698. The quantitative estimate of drug-likeness (QED) is 0.725. The van der Waals surface area contributed by atoms with Gasteiger partial charge in [0.1, 0.15) is 4.75 Å². The zero-order valence-corrected chi connectivity index (χ0v) is 8.60. The molecule has 0 bridgehead atoms. The van der Waals surface area contributed by atoms with Gasteiger partial charge in [-0.05, 0) is 20.3 Å². The number of ether oxygens (including phenoxy) is 1. The van der Waals surface area contributed by atoms with Crippen LogP contribution in [0.5, 0.6) is 0 Å². The Labute approximate surface area is 79.7 Å². The monoisotopic (exact) mass is 206 g/mol.